The highest BCUT2D eigenvalue weighted by atomic mass is 15.5. The van der Waals surface area contributed by atoms with Gasteiger partial charge in [0.2, 0.25) is 0 Å². The molecule has 102 valence electrons. The van der Waals surface area contributed by atoms with E-state index in [0.717, 1.165) is 10.6 Å². The molecule has 1 heterocycles. The van der Waals surface area contributed by atoms with Crippen molar-refractivity contribution in [3.05, 3.63) is 70.7 Å². The lowest BCUT2D eigenvalue weighted by molar-refractivity contribution is 0.198. The van der Waals surface area contributed by atoms with E-state index >= 15 is 0 Å². The number of hydrogen-bond donors (Lipinski definition) is 1. The molecule has 0 fully saturated rings. The zero-order chi connectivity index (χ0) is 13.9. The summed E-state index contributed by atoms with van der Waals surface area (Å²) in [5.41, 5.74) is 4.64. The lowest BCUT2D eigenvalue weighted by Crippen LogP contribution is -2.46. The van der Waals surface area contributed by atoms with Crippen LogP contribution in [0, 0.1) is 0 Å². The largest absolute Gasteiger partial charge is 0.286 e. The highest BCUT2D eigenvalue weighted by molar-refractivity contribution is 5.29. The smallest absolute Gasteiger partial charge is 0.161 e. The fourth-order valence-electron chi connectivity index (χ4n) is 2.39. The normalized spacial score (nSPS) is 17.4. The standard InChI is InChI=1S/C17H19N3/c1-13(2)19-20-12-15-10-6-7-11-16(15)18-17(20)14-8-4-3-5-9-14/h3-13,17,19H,1-2H3. The Bertz CT molecular complexity index is 692. The predicted molar refractivity (Wildman–Crippen MR) is 81.0 cm³/mol. The summed E-state index contributed by atoms with van der Waals surface area (Å²) in [6.07, 6.45) is 2.12. The molecule has 1 atom stereocenters. The highest BCUT2D eigenvalue weighted by Crippen LogP contribution is 2.21. The van der Waals surface area contributed by atoms with Gasteiger partial charge in [-0.2, -0.15) is 0 Å². The molecule has 0 saturated heterocycles. The number of rotatable bonds is 3. The highest BCUT2D eigenvalue weighted by Gasteiger charge is 2.19. The molecule has 0 aliphatic carbocycles. The van der Waals surface area contributed by atoms with Crippen LogP contribution in [0.25, 0.3) is 6.20 Å². The van der Waals surface area contributed by atoms with Crippen molar-refractivity contribution in [1.82, 2.24) is 10.4 Å². The van der Waals surface area contributed by atoms with Crippen molar-refractivity contribution >= 4 is 6.20 Å². The first-order chi connectivity index (χ1) is 9.74. The van der Waals surface area contributed by atoms with Gasteiger partial charge < -0.3 is 0 Å². The van der Waals surface area contributed by atoms with Crippen LogP contribution in [-0.4, -0.2) is 11.1 Å². The fourth-order valence-corrected chi connectivity index (χ4v) is 2.39. The molecule has 1 aliphatic rings. The van der Waals surface area contributed by atoms with Crippen LogP contribution in [0.15, 0.2) is 59.6 Å². The van der Waals surface area contributed by atoms with E-state index in [0.29, 0.717) is 6.04 Å². The summed E-state index contributed by atoms with van der Waals surface area (Å²) < 4.78 is 0. The van der Waals surface area contributed by atoms with Crippen LogP contribution in [0.3, 0.4) is 0 Å². The van der Waals surface area contributed by atoms with Gasteiger partial charge >= 0.3 is 0 Å². The maximum absolute atomic E-state index is 4.88. The number of hydrogen-bond acceptors (Lipinski definition) is 3. The molecule has 1 N–H and O–H groups in total. The lowest BCUT2D eigenvalue weighted by Gasteiger charge is -2.32. The fraction of sp³-hybridized carbons (Fsp3) is 0.235. The number of nitrogens with zero attached hydrogens (tertiary/aromatic N) is 2. The molecule has 0 spiro atoms. The predicted octanol–water partition coefficient (Wildman–Crippen LogP) is 1.97. The Hall–Kier alpha value is -2.13. The van der Waals surface area contributed by atoms with Gasteiger partial charge in [-0.3, -0.25) is 10.0 Å². The Morgan fingerprint density at radius 3 is 2.45 bits per heavy atom. The summed E-state index contributed by atoms with van der Waals surface area (Å²) in [6.45, 7) is 4.27. The van der Waals surface area contributed by atoms with Gasteiger partial charge in [0.05, 0.1) is 5.36 Å². The van der Waals surface area contributed by atoms with Crippen LogP contribution in [0.4, 0.5) is 0 Å². The van der Waals surface area contributed by atoms with Crippen molar-refractivity contribution in [2.75, 3.05) is 0 Å². The molecule has 2 aromatic rings. The quantitative estimate of drug-likeness (QED) is 0.919. The second-order valence-corrected chi connectivity index (χ2v) is 5.29. The van der Waals surface area contributed by atoms with Gasteiger partial charge in [-0.15, -0.1) is 0 Å². The van der Waals surface area contributed by atoms with Crippen molar-refractivity contribution in [1.29, 1.82) is 0 Å². The van der Waals surface area contributed by atoms with Crippen molar-refractivity contribution in [2.45, 2.75) is 26.1 Å². The molecular weight excluding hydrogens is 246 g/mol. The second kappa shape index (κ2) is 5.47. The summed E-state index contributed by atoms with van der Waals surface area (Å²) in [5.74, 6) is 0. The monoisotopic (exact) mass is 265 g/mol. The van der Waals surface area contributed by atoms with Gasteiger partial charge in [0, 0.05) is 17.5 Å². The second-order valence-electron chi connectivity index (χ2n) is 5.29. The van der Waals surface area contributed by atoms with Gasteiger partial charge in [-0.25, -0.2) is 5.43 Å². The molecule has 3 heteroatoms. The van der Waals surface area contributed by atoms with E-state index in [9.17, 15) is 0 Å². The van der Waals surface area contributed by atoms with Gasteiger partial charge in [-0.05, 0) is 25.5 Å². The maximum atomic E-state index is 4.88. The van der Waals surface area contributed by atoms with Gasteiger partial charge in [0.25, 0.3) is 0 Å². The van der Waals surface area contributed by atoms with E-state index in [1.54, 1.807) is 0 Å². The molecule has 2 aromatic carbocycles. The molecule has 20 heavy (non-hydrogen) atoms. The number of fused-ring (bicyclic) bond motifs is 1. The number of para-hydroxylation sites is 1. The molecule has 0 aromatic heterocycles. The van der Waals surface area contributed by atoms with Crippen molar-refractivity contribution < 1.29 is 0 Å². The van der Waals surface area contributed by atoms with E-state index < -0.39 is 0 Å². The third kappa shape index (κ3) is 2.58. The van der Waals surface area contributed by atoms with Crippen LogP contribution < -0.4 is 16.0 Å². The SMILES string of the molecule is CC(C)NN1C=c2ccccc2=NC1c1ccccc1. The minimum absolute atomic E-state index is 0.0199. The zero-order valence-electron chi connectivity index (χ0n) is 11.8. The first-order valence-electron chi connectivity index (χ1n) is 6.98. The lowest BCUT2D eigenvalue weighted by atomic mass is 10.1. The Morgan fingerprint density at radius 2 is 1.70 bits per heavy atom. The van der Waals surface area contributed by atoms with Gasteiger partial charge in [0.15, 0.2) is 6.17 Å². The summed E-state index contributed by atoms with van der Waals surface area (Å²) >= 11 is 0. The molecule has 3 rings (SSSR count). The molecule has 0 saturated carbocycles. The van der Waals surface area contributed by atoms with Crippen molar-refractivity contribution in [3.8, 4) is 0 Å². The summed E-state index contributed by atoms with van der Waals surface area (Å²) in [7, 11) is 0. The average molecular weight is 265 g/mol. The first kappa shape index (κ1) is 12.9. The summed E-state index contributed by atoms with van der Waals surface area (Å²) in [6, 6.07) is 19.0. The van der Waals surface area contributed by atoms with E-state index in [-0.39, 0.29) is 6.17 Å². The van der Waals surface area contributed by atoms with E-state index in [2.05, 4.69) is 66.9 Å². The molecule has 3 nitrogen and oxygen atoms in total. The van der Waals surface area contributed by atoms with Crippen LogP contribution in [0.5, 0.6) is 0 Å². The van der Waals surface area contributed by atoms with Crippen LogP contribution >= 0.6 is 0 Å². The zero-order valence-corrected chi connectivity index (χ0v) is 11.8. The Kier molecular flexibility index (Phi) is 3.52. The van der Waals surface area contributed by atoms with Crippen LogP contribution in [0.1, 0.15) is 25.6 Å². The van der Waals surface area contributed by atoms with Gasteiger partial charge in [0.1, 0.15) is 0 Å². The Balaban J connectivity index is 2.08. The summed E-state index contributed by atoms with van der Waals surface area (Å²) in [4.78, 5) is 4.88. The molecule has 1 unspecified atom stereocenters. The summed E-state index contributed by atoms with van der Waals surface area (Å²) in [5, 5.41) is 4.29. The Morgan fingerprint density at radius 1 is 1.00 bits per heavy atom. The van der Waals surface area contributed by atoms with Crippen molar-refractivity contribution in [3.63, 3.8) is 0 Å². The van der Waals surface area contributed by atoms with E-state index in [4.69, 9.17) is 4.99 Å². The third-order valence-corrected chi connectivity index (χ3v) is 3.24. The van der Waals surface area contributed by atoms with Crippen LogP contribution in [0.2, 0.25) is 0 Å². The molecule has 0 amide bonds. The minimum Gasteiger partial charge on any atom is -0.286 e. The third-order valence-electron chi connectivity index (χ3n) is 3.24. The molecule has 1 aliphatic heterocycles. The molecular formula is C17H19N3. The van der Waals surface area contributed by atoms with Gasteiger partial charge in [-0.1, -0.05) is 48.5 Å². The van der Waals surface area contributed by atoms with Crippen molar-refractivity contribution in [2.24, 2.45) is 4.99 Å². The average Bonchev–Trinajstić information content (AvgIpc) is 2.47. The van der Waals surface area contributed by atoms with E-state index in [1.807, 2.05) is 18.2 Å². The van der Waals surface area contributed by atoms with Crippen LogP contribution in [-0.2, 0) is 0 Å². The first-order valence-corrected chi connectivity index (χ1v) is 6.98. The minimum atomic E-state index is -0.0199. The Labute approximate surface area is 119 Å². The number of hydrazine groups is 1. The maximum Gasteiger partial charge on any atom is 0.161 e. The molecule has 0 bridgehead atoms. The topological polar surface area (TPSA) is 27.6 Å². The number of nitrogens with one attached hydrogen (secondary N) is 1. The number of benzene rings is 2. The van der Waals surface area contributed by atoms with E-state index in [1.165, 1.54) is 5.56 Å². The molecule has 0 radical (unpaired) electrons.